The summed E-state index contributed by atoms with van der Waals surface area (Å²) in [5, 5.41) is 0. The Kier molecular flexibility index (Phi) is 3.66. The van der Waals surface area contributed by atoms with Crippen LogP contribution in [0.5, 0.6) is 0 Å². The van der Waals surface area contributed by atoms with Gasteiger partial charge in [0.25, 0.3) is 0 Å². The summed E-state index contributed by atoms with van der Waals surface area (Å²) in [5.74, 6) is 0.874. The first-order valence-corrected chi connectivity index (χ1v) is 5.02. The van der Waals surface area contributed by atoms with Crippen LogP contribution < -0.4 is 5.73 Å². The third kappa shape index (κ3) is 4.22. The summed E-state index contributed by atoms with van der Waals surface area (Å²) in [4.78, 5) is 13.6. The zero-order valence-corrected chi connectivity index (χ0v) is 8.77. The molecule has 0 radical (unpaired) electrons. The Morgan fingerprint density at radius 2 is 2.23 bits per heavy atom. The molecule has 2 N–H and O–H groups in total. The number of hydrogen-bond donors (Lipinski definition) is 1. The molecule has 0 aliphatic heterocycles. The van der Waals surface area contributed by atoms with Gasteiger partial charge in [-0.15, -0.1) is 0 Å². The summed E-state index contributed by atoms with van der Waals surface area (Å²) >= 11 is 4.74. The van der Waals surface area contributed by atoms with Crippen molar-refractivity contribution in [2.75, 3.05) is 13.6 Å². The number of nitrogens with two attached hydrogens (primary N) is 1. The molecule has 0 spiro atoms. The highest BCUT2D eigenvalue weighted by Gasteiger charge is 2.25. The van der Waals surface area contributed by atoms with Gasteiger partial charge < -0.3 is 10.6 Å². The van der Waals surface area contributed by atoms with Crippen LogP contribution in [0.2, 0.25) is 0 Å². The van der Waals surface area contributed by atoms with Crippen LogP contribution >= 0.6 is 12.2 Å². The van der Waals surface area contributed by atoms with E-state index in [0.29, 0.717) is 30.3 Å². The van der Waals surface area contributed by atoms with Crippen LogP contribution in [0.3, 0.4) is 0 Å². The van der Waals surface area contributed by atoms with E-state index in [4.69, 9.17) is 18.0 Å². The number of carbonyl (C=O) groups excluding carboxylic acids is 1. The molecule has 0 atom stereocenters. The molecule has 0 bridgehead atoms. The lowest BCUT2D eigenvalue weighted by Crippen LogP contribution is -2.30. The Morgan fingerprint density at radius 3 is 2.69 bits per heavy atom. The monoisotopic (exact) mass is 200 g/mol. The second kappa shape index (κ2) is 4.56. The maximum absolute atomic E-state index is 11.4. The van der Waals surface area contributed by atoms with E-state index in [1.54, 1.807) is 4.90 Å². The molecule has 1 aliphatic rings. The highest BCUT2D eigenvalue weighted by Crippen LogP contribution is 2.32. The van der Waals surface area contributed by atoms with Gasteiger partial charge in [0, 0.05) is 26.4 Å². The van der Waals surface area contributed by atoms with Gasteiger partial charge in [-0.3, -0.25) is 4.79 Å². The molecule has 0 heterocycles. The minimum Gasteiger partial charge on any atom is -0.393 e. The van der Waals surface area contributed by atoms with E-state index < -0.39 is 0 Å². The molecule has 1 saturated carbocycles. The standard InChI is InChI=1S/C9H16N2OS/c1-11(5-4-8(10)13)9(12)6-7-2-3-7/h7H,2-6H2,1H3,(H2,10,13). The summed E-state index contributed by atoms with van der Waals surface area (Å²) in [5.41, 5.74) is 5.35. The smallest absolute Gasteiger partial charge is 0.222 e. The summed E-state index contributed by atoms with van der Waals surface area (Å²) in [6, 6.07) is 0. The average molecular weight is 200 g/mol. The molecule has 0 unspecified atom stereocenters. The lowest BCUT2D eigenvalue weighted by atomic mass is 10.2. The fourth-order valence-electron chi connectivity index (χ4n) is 1.13. The zero-order chi connectivity index (χ0) is 9.84. The fraction of sp³-hybridized carbons (Fsp3) is 0.778. The first-order valence-electron chi connectivity index (χ1n) is 4.62. The minimum atomic E-state index is 0.221. The minimum absolute atomic E-state index is 0.221. The normalized spacial score (nSPS) is 15.5. The van der Waals surface area contributed by atoms with Crippen molar-refractivity contribution in [3.05, 3.63) is 0 Å². The number of amides is 1. The largest absolute Gasteiger partial charge is 0.393 e. The van der Waals surface area contributed by atoms with Gasteiger partial charge in [-0.1, -0.05) is 12.2 Å². The average Bonchev–Trinajstić information content (AvgIpc) is 2.83. The molecule has 1 fully saturated rings. The molecule has 4 heteroatoms. The van der Waals surface area contributed by atoms with E-state index in [9.17, 15) is 4.79 Å². The van der Waals surface area contributed by atoms with E-state index in [2.05, 4.69) is 0 Å². The van der Waals surface area contributed by atoms with Crippen LogP contribution in [0.4, 0.5) is 0 Å². The van der Waals surface area contributed by atoms with Crippen molar-refractivity contribution >= 4 is 23.1 Å². The Bertz CT molecular complexity index is 214. The van der Waals surface area contributed by atoms with Gasteiger partial charge in [-0.25, -0.2) is 0 Å². The number of nitrogens with zero attached hydrogens (tertiary/aromatic N) is 1. The Balaban J connectivity index is 2.16. The number of carbonyl (C=O) groups is 1. The zero-order valence-electron chi connectivity index (χ0n) is 7.95. The molecule has 1 amide bonds. The molecule has 0 aromatic heterocycles. The second-order valence-electron chi connectivity index (χ2n) is 3.68. The third-order valence-electron chi connectivity index (χ3n) is 2.28. The van der Waals surface area contributed by atoms with Gasteiger partial charge in [-0.2, -0.15) is 0 Å². The predicted molar refractivity (Wildman–Crippen MR) is 56.4 cm³/mol. The first kappa shape index (κ1) is 10.4. The SMILES string of the molecule is CN(CCC(N)=S)C(=O)CC1CC1. The predicted octanol–water partition coefficient (Wildman–Crippen LogP) is 0.921. The van der Waals surface area contributed by atoms with E-state index in [1.165, 1.54) is 12.8 Å². The van der Waals surface area contributed by atoms with Gasteiger partial charge in [0.15, 0.2) is 0 Å². The molecule has 1 rings (SSSR count). The van der Waals surface area contributed by atoms with Crippen molar-refractivity contribution in [2.45, 2.75) is 25.7 Å². The van der Waals surface area contributed by atoms with Crippen LogP contribution in [-0.4, -0.2) is 29.4 Å². The summed E-state index contributed by atoms with van der Waals surface area (Å²) in [7, 11) is 1.81. The first-order chi connectivity index (χ1) is 6.09. The number of thiocarbonyl (C=S) groups is 1. The highest BCUT2D eigenvalue weighted by molar-refractivity contribution is 7.80. The van der Waals surface area contributed by atoms with Crippen LogP contribution in [0, 0.1) is 5.92 Å². The molecular formula is C9H16N2OS. The van der Waals surface area contributed by atoms with Crippen LogP contribution in [0.15, 0.2) is 0 Å². The third-order valence-corrected chi connectivity index (χ3v) is 2.48. The van der Waals surface area contributed by atoms with Crippen molar-refractivity contribution in [3.8, 4) is 0 Å². The van der Waals surface area contributed by atoms with Gasteiger partial charge in [0.05, 0.1) is 4.99 Å². The van der Waals surface area contributed by atoms with Crippen molar-refractivity contribution in [3.63, 3.8) is 0 Å². The number of rotatable bonds is 5. The van der Waals surface area contributed by atoms with Crippen molar-refractivity contribution in [2.24, 2.45) is 11.7 Å². The quantitative estimate of drug-likeness (QED) is 0.671. The molecule has 1 aliphatic carbocycles. The van der Waals surface area contributed by atoms with Crippen LogP contribution in [0.1, 0.15) is 25.7 Å². The van der Waals surface area contributed by atoms with Gasteiger partial charge in [0.1, 0.15) is 0 Å². The van der Waals surface area contributed by atoms with Crippen molar-refractivity contribution < 1.29 is 4.79 Å². The van der Waals surface area contributed by atoms with Gasteiger partial charge in [0.2, 0.25) is 5.91 Å². The second-order valence-corrected chi connectivity index (χ2v) is 4.20. The van der Waals surface area contributed by atoms with Crippen LogP contribution in [0.25, 0.3) is 0 Å². The molecule has 13 heavy (non-hydrogen) atoms. The molecule has 74 valence electrons. The van der Waals surface area contributed by atoms with Gasteiger partial charge >= 0.3 is 0 Å². The number of hydrogen-bond acceptors (Lipinski definition) is 2. The van der Waals surface area contributed by atoms with E-state index >= 15 is 0 Å². The highest BCUT2D eigenvalue weighted by atomic mass is 32.1. The maximum atomic E-state index is 11.4. The lowest BCUT2D eigenvalue weighted by Gasteiger charge is -2.16. The molecule has 0 aromatic carbocycles. The summed E-state index contributed by atoms with van der Waals surface area (Å²) in [6.07, 6.45) is 3.76. The van der Waals surface area contributed by atoms with Gasteiger partial charge in [-0.05, 0) is 18.8 Å². The molecule has 0 saturated heterocycles. The summed E-state index contributed by atoms with van der Waals surface area (Å²) in [6.45, 7) is 0.654. The molecular weight excluding hydrogens is 184 g/mol. The Morgan fingerprint density at radius 1 is 1.62 bits per heavy atom. The van der Waals surface area contributed by atoms with Crippen molar-refractivity contribution in [1.29, 1.82) is 0 Å². The van der Waals surface area contributed by atoms with E-state index in [0.717, 1.165) is 0 Å². The molecule has 0 aromatic rings. The fourth-order valence-corrected chi connectivity index (χ4v) is 1.22. The topological polar surface area (TPSA) is 46.3 Å². The van der Waals surface area contributed by atoms with Crippen molar-refractivity contribution in [1.82, 2.24) is 4.90 Å². The lowest BCUT2D eigenvalue weighted by molar-refractivity contribution is -0.130. The van der Waals surface area contributed by atoms with Crippen LogP contribution in [-0.2, 0) is 4.79 Å². The summed E-state index contributed by atoms with van der Waals surface area (Å²) < 4.78 is 0. The Hall–Kier alpha value is -0.640. The molecule has 3 nitrogen and oxygen atoms in total. The van der Waals surface area contributed by atoms with E-state index in [-0.39, 0.29) is 5.91 Å². The maximum Gasteiger partial charge on any atom is 0.222 e. The van der Waals surface area contributed by atoms with E-state index in [1.807, 2.05) is 7.05 Å². The Labute approximate surface area is 84.3 Å².